The molecule has 0 radical (unpaired) electrons. The van der Waals surface area contributed by atoms with E-state index in [1.165, 1.54) is 17.3 Å². The van der Waals surface area contributed by atoms with E-state index in [4.69, 9.17) is 16.7 Å². The fraction of sp³-hybridized carbons (Fsp3) is 0.185. The van der Waals surface area contributed by atoms with Gasteiger partial charge in [-0.25, -0.2) is 5.01 Å². The Hall–Kier alpha value is -3.42. The second-order valence-corrected chi connectivity index (χ2v) is 10.1. The molecule has 0 aromatic heterocycles. The third kappa shape index (κ3) is 5.31. The number of nitrogens with one attached hydrogen (secondary N) is 1. The van der Waals surface area contributed by atoms with Crippen molar-refractivity contribution in [3.8, 4) is 0 Å². The summed E-state index contributed by atoms with van der Waals surface area (Å²) in [5, 5.41) is 10.1. The highest BCUT2D eigenvalue weighted by Gasteiger charge is 2.39. The van der Waals surface area contributed by atoms with Crippen molar-refractivity contribution in [3.05, 3.63) is 101 Å². The molecular formula is C27H23ClN4O2S. The Morgan fingerprint density at radius 1 is 1.06 bits per heavy atom. The first-order valence-electron chi connectivity index (χ1n) is 11.3. The SMILES string of the molecule is Cc1ccc([C@@H]2CC(c3ccc(Cl)cc3)=NN2C2=NC(=O)[C@@H](CC(=O)Nc3ccccc3)S2)cc1. The number of nitrogens with zero attached hydrogens (tertiary/aromatic N) is 3. The number of aryl methyl sites for hydroxylation is 1. The summed E-state index contributed by atoms with van der Waals surface area (Å²) < 4.78 is 0. The van der Waals surface area contributed by atoms with Gasteiger partial charge in [-0.3, -0.25) is 9.59 Å². The number of carbonyl (C=O) groups is 2. The number of aliphatic imine (C=N–C) groups is 1. The van der Waals surface area contributed by atoms with Crippen LogP contribution in [0.2, 0.25) is 5.02 Å². The van der Waals surface area contributed by atoms with E-state index in [9.17, 15) is 9.59 Å². The first-order chi connectivity index (χ1) is 17.0. The highest BCUT2D eigenvalue weighted by molar-refractivity contribution is 8.15. The number of hydrogen-bond donors (Lipinski definition) is 1. The topological polar surface area (TPSA) is 74.1 Å². The number of rotatable bonds is 5. The molecule has 2 heterocycles. The van der Waals surface area contributed by atoms with Crippen LogP contribution in [0, 0.1) is 6.92 Å². The van der Waals surface area contributed by atoms with Gasteiger partial charge in [-0.1, -0.05) is 83.5 Å². The van der Waals surface area contributed by atoms with Crippen molar-refractivity contribution in [2.75, 3.05) is 5.32 Å². The fourth-order valence-corrected chi connectivity index (χ4v) is 5.25. The van der Waals surface area contributed by atoms with E-state index in [0.717, 1.165) is 16.8 Å². The van der Waals surface area contributed by atoms with Gasteiger partial charge in [0, 0.05) is 23.6 Å². The molecule has 6 nitrogen and oxygen atoms in total. The minimum atomic E-state index is -0.581. The molecule has 0 saturated heterocycles. The maximum absolute atomic E-state index is 12.7. The molecule has 8 heteroatoms. The number of carbonyl (C=O) groups excluding carboxylic acids is 2. The van der Waals surface area contributed by atoms with Crippen LogP contribution >= 0.6 is 23.4 Å². The third-order valence-electron chi connectivity index (χ3n) is 5.90. The van der Waals surface area contributed by atoms with Crippen molar-refractivity contribution in [2.45, 2.75) is 31.1 Å². The third-order valence-corrected chi connectivity index (χ3v) is 7.30. The van der Waals surface area contributed by atoms with Gasteiger partial charge in [-0.05, 0) is 42.3 Å². The summed E-state index contributed by atoms with van der Waals surface area (Å²) in [4.78, 5) is 29.6. The van der Waals surface area contributed by atoms with E-state index in [0.29, 0.717) is 22.3 Å². The number of hydrogen-bond acceptors (Lipinski definition) is 5. The van der Waals surface area contributed by atoms with E-state index in [1.807, 2.05) is 66.5 Å². The van der Waals surface area contributed by atoms with E-state index >= 15 is 0 Å². The number of para-hydroxylation sites is 1. The number of amidine groups is 1. The number of anilines is 1. The summed E-state index contributed by atoms with van der Waals surface area (Å²) in [6, 6.07) is 25.0. The van der Waals surface area contributed by atoms with Crippen LogP contribution in [0.1, 0.15) is 35.6 Å². The molecule has 0 spiro atoms. The van der Waals surface area contributed by atoms with Gasteiger partial charge in [-0.15, -0.1) is 0 Å². The van der Waals surface area contributed by atoms with Crippen LogP contribution in [-0.2, 0) is 9.59 Å². The molecule has 3 aromatic rings. The van der Waals surface area contributed by atoms with Crippen LogP contribution in [0.15, 0.2) is 89.0 Å². The minimum Gasteiger partial charge on any atom is -0.326 e. The Kier molecular flexibility index (Phi) is 6.70. The molecule has 3 aromatic carbocycles. The Balaban J connectivity index is 1.36. The maximum atomic E-state index is 12.7. The Bertz CT molecular complexity index is 1310. The summed E-state index contributed by atoms with van der Waals surface area (Å²) in [5.41, 5.74) is 4.83. The van der Waals surface area contributed by atoms with Gasteiger partial charge < -0.3 is 5.32 Å². The molecule has 176 valence electrons. The van der Waals surface area contributed by atoms with Gasteiger partial charge in [0.05, 0.1) is 11.8 Å². The lowest BCUT2D eigenvalue weighted by Crippen LogP contribution is -2.25. The zero-order chi connectivity index (χ0) is 24.4. The van der Waals surface area contributed by atoms with E-state index in [1.54, 1.807) is 0 Å². The normalized spacial score (nSPS) is 19.5. The summed E-state index contributed by atoms with van der Waals surface area (Å²) in [5.74, 6) is -0.536. The molecule has 1 N–H and O–H groups in total. The highest BCUT2D eigenvalue weighted by Crippen LogP contribution is 2.38. The molecule has 2 aliphatic heterocycles. The van der Waals surface area contributed by atoms with Crippen LogP contribution in [0.3, 0.4) is 0 Å². The van der Waals surface area contributed by atoms with Gasteiger partial charge in [0.1, 0.15) is 5.25 Å². The van der Waals surface area contributed by atoms with Crippen LogP contribution < -0.4 is 5.32 Å². The average molecular weight is 503 g/mol. The van der Waals surface area contributed by atoms with Crippen LogP contribution in [0.25, 0.3) is 0 Å². The van der Waals surface area contributed by atoms with Crippen LogP contribution in [-0.4, -0.2) is 33.0 Å². The number of hydrazone groups is 1. The van der Waals surface area contributed by atoms with Gasteiger partial charge in [0.15, 0.2) is 5.17 Å². The molecule has 35 heavy (non-hydrogen) atoms. The number of amides is 2. The molecule has 2 atom stereocenters. The van der Waals surface area contributed by atoms with Gasteiger partial charge in [-0.2, -0.15) is 10.1 Å². The predicted octanol–water partition coefficient (Wildman–Crippen LogP) is 5.83. The second kappa shape index (κ2) is 10.1. The average Bonchev–Trinajstić information content (AvgIpc) is 3.45. The second-order valence-electron chi connectivity index (χ2n) is 8.49. The molecule has 0 aliphatic carbocycles. The van der Waals surface area contributed by atoms with Crippen molar-refractivity contribution >= 4 is 51.7 Å². The zero-order valence-corrected chi connectivity index (χ0v) is 20.6. The fourth-order valence-electron chi connectivity index (χ4n) is 4.06. The molecule has 0 saturated carbocycles. The minimum absolute atomic E-state index is 0.0438. The lowest BCUT2D eigenvalue weighted by molar-refractivity contribution is -0.121. The predicted molar refractivity (Wildman–Crippen MR) is 142 cm³/mol. The van der Waals surface area contributed by atoms with Gasteiger partial charge in [0.25, 0.3) is 5.91 Å². The molecule has 2 aliphatic rings. The molecule has 0 unspecified atom stereocenters. The summed E-state index contributed by atoms with van der Waals surface area (Å²) in [6.07, 6.45) is 0.708. The van der Waals surface area contributed by atoms with Crippen molar-refractivity contribution in [3.63, 3.8) is 0 Å². The molecule has 0 bridgehead atoms. The van der Waals surface area contributed by atoms with Crippen molar-refractivity contribution in [1.29, 1.82) is 0 Å². The zero-order valence-electron chi connectivity index (χ0n) is 19.0. The smallest absolute Gasteiger partial charge is 0.262 e. The quantitative estimate of drug-likeness (QED) is 0.476. The maximum Gasteiger partial charge on any atom is 0.262 e. The molecule has 5 rings (SSSR count). The van der Waals surface area contributed by atoms with Crippen molar-refractivity contribution < 1.29 is 9.59 Å². The summed E-state index contributed by atoms with van der Waals surface area (Å²) in [6.45, 7) is 2.05. The molecular weight excluding hydrogens is 480 g/mol. The summed E-state index contributed by atoms with van der Waals surface area (Å²) >= 11 is 7.37. The van der Waals surface area contributed by atoms with E-state index in [2.05, 4.69) is 34.6 Å². The van der Waals surface area contributed by atoms with Crippen molar-refractivity contribution in [1.82, 2.24) is 5.01 Å². The van der Waals surface area contributed by atoms with Crippen LogP contribution in [0.4, 0.5) is 5.69 Å². The Morgan fingerprint density at radius 2 is 1.77 bits per heavy atom. The standard InChI is InChI=1S/C27H23ClN4O2S/c1-17-7-9-19(10-8-17)23-15-22(18-11-13-20(28)14-12-18)31-32(23)27-30-26(34)24(35-27)16-25(33)29-21-5-3-2-4-6-21/h2-14,23-24H,15-16H2,1H3,(H,29,33)/t23-,24+/m0/s1. The Labute approximate surface area is 213 Å². The summed E-state index contributed by atoms with van der Waals surface area (Å²) in [7, 11) is 0. The van der Waals surface area contributed by atoms with Crippen molar-refractivity contribution in [2.24, 2.45) is 10.1 Å². The Morgan fingerprint density at radius 3 is 2.49 bits per heavy atom. The lowest BCUT2D eigenvalue weighted by Gasteiger charge is -2.23. The largest absolute Gasteiger partial charge is 0.326 e. The number of benzene rings is 3. The monoisotopic (exact) mass is 502 g/mol. The molecule has 0 fully saturated rings. The molecule has 2 amide bonds. The first kappa shape index (κ1) is 23.3. The number of thioether (sulfide) groups is 1. The number of halogens is 1. The van der Waals surface area contributed by atoms with Gasteiger partial charge >= 0.3 is 0 Å². The first-order valence-corrected chi connectivity index (χ1v) is 12.6. The van der Waals surface area contributed by atoms with E-state index in [-0.39, 0.29) is 24.3 Å². The van der Waals surface area contributed by atoms with Crippen LogP contribution in [0.5, 0.6) is 0 Å². The van der Waals surface area contributed by atoms with Gasteiger partial charge in [0.2, 0.25) is 5.91 Å². The van der Waals surface area contributed by atoms with E-state index < -0.39 is 5.25 Å². The lowest BCUT2D eigenvalue weighted by atomic mass is 9.98. The highest BCUT2D eigenvalue weighted by atomic mass is 35.5.